The van der Waals surface area contributed by atoms with Gasteiger partial charge in [0, 0.05) is 25.2 Å². The van der Waals surface area contributed by atoms with Crippen LogP contribution in [-0.2, 0) is 4.74 Å². The van der Waals surface area contributed by atoms with E-state index in [2.05, 4.69) is 24.1 Å². The minimum Gasteiger partial charge on any atom is -0.378 e. The maximum absolute atomic E-state index is 5.66. The maximum atomic E-state index is 5.66. The summed E-state index contributed by atoms with van der Waals surface area (Å²) >= 11 is 0. The van der Waals surface area contributed by atoms with Crippen LogP contribution in [0, 0.1) is 0 Å². The van der Waals surface area contributed by atoms with Gasteiger partial charge in [-0.2, -0.15) is 0 Å². The molecule has 0 saturated carbocycles. The molecule has 3 atom stereocenters. The molecule has 3 unspecified atom stereocenters. The molecular formula is C14H28N2O. The van der Waals surface area contributed by atoms with Crippen LogP contribution in [0.2, 0.25) is 0 Å². The van der Waals surface area contributed by atoms with Gasteiger partial charge in [0.1, 0.15) is 0 Å². The molecule has 2 aliphatic rings. The predicted molar refractivity (Wildman–Crippen MR) is 71.3 cm³/mol. The number of nitrogens with one attached hydrogen (secondary N) is 1. The number of rotatable bonds is 3. The Morgan fingerprint density at radius 2 is 2.29 bits per heavy atom. The van der Waals surface area contributed by atoms with E-state index >= 15 is 0 Å². The van der Waals surface area contributed by atoms with Crippen LogP contribution in [0.25, 0.3) is 0 Å². The van der Waals surface area contributed by atoms with Crippen molar-refractivity contribution in [1.82, 2.24) is 10.2 Å². The normalized spacial score (nSPS) is 36.7. The van der Waals surface area contributed by atoms with Crippen LogP contribution in [0.15, 0.2) is 0 Å². The summed E-state index contributed by atoms with van der Waals surface area (Å²) in [6.07, 6.45) is 6.80. The second-order valence-corrected chi connectivity index (χ2v) is 5.65. The number of hydrogen-bond donors (Lipinski definition) is 1. The molecule has 2 heterocycles. The lowest BCUT2D eigenvalue weighted by atomic mass is 10.0. The third-order valence-electron chi connectivity index (χ3n) is 4.12. The minimum absolute atomic E-state index is 0.453. The summed E-state index contributed by atoms with van der Waals surface area (Å²) in [6, 6.07) is 1.47. The first-order chi connectivity index (χ1) is 8.29. The van der Waals surface area contributed by atoms with Gasteiger partial charge < -0.3 is 10.1 Å². The van der Waals surface area contributed by atoms with Crippen LogP contribution >= 0.6 is 0 Å². The van der Waals surface area contributed by atoms with Crippen molar-refractivity contribution in [2.75, 3.05) is 26.2 Å². The van der Waals surface area contributed by atoms with Crippen LogP contribution < -0.4 is 5.32 Å². The van der Waals surface area contributed by atoms with E-state index in [0.29, 0.717) is 12.1 Å². The van der Waals surface area contributed by atoms with Crippen molar-refractivity contribution >= 4 is 0 Å². The van der Waals surface area contributed by atoms with Crippen molar-refractivity contribution in [3.63, 3.8) is 0 Å². The molecule has 0 aliphatic carbocycles. The number of nitrogens with zero attached hydrogens (tertiary/aromatic N) is 1. The van der Waals surface area contributed by atoms with Gasteiger partial charge in [-0.3, -0.25) is 4.90 Å². The van der Waals surface area contributed by atoms with Crippen LogP contribution in [0.4, 0.5) is 0 Å². The third-order valence-corrected chi connectivity index (χ3v) is 4.12. The van der Waals surface area contributed by atoms with Crippen molar-refractivity contribution in [1.29, 1.82) is 0 Å². The highest BCUT2D eigenvalue weighted by molar-refractivity contribution is 4.83. The standard InChI is InChI=1S/C14H28N2O/c1-3-5-13-11-16(8-4-7-15-13)14-6-9-17-12(2)10-14/h12-15H,3-11H2,1-2H3. The highest BCUT2D eigenvalue weighted by atomic mass is 16.5. The molecule has 100 valence electrons. The van der Waals surface area contributed by atoms with E-state index in [-0.39, 0.29) is 0 Å². The van der Waals surface area contributed by atoms with Gasteiger partial charge in [-0.1, -0.05) is 13.3 Å². The Hall–Kier alpha value is -0.120. The monoisotopic (exact) mass is 240 g/mol. The lowest BCUT2D eigenvalue weighted by Gasteiger charge is -2.37. The first-order valence-electron chi connectivity index (χ1n) is 7.38. The topological polar surface area (TPSA) is 24.5 Å². The quantitative estimate of drug-likeness (QED) is 0.817. The van der Waals surface area contributed by atoms with Crippen molar-refractivity contribution in [2.24, 2.45) is 0 Å². The van der Waals surface area contributed by atoms with E-state index in [1.807, 2.05) is 0 Å². The molecule has 3 heteroatoms. The van der Waals surface area contributed by atoms with E-state index in [4.69, 9.17) is 4.74 Å². The van der Waals surface area contributed by atoms with Gasteiger partial charge in [0.2, 0.25) is 0 Å². The zero-order chi connectivity index (χ0) is 12.1. The first-order valence-corrected chi connectivity index (χ1v) is 7.38. The predicted octanol–water partition coefficient (Wildman–Crippen LogP) is 2.02. The molecule has 0 aromatic heterocycles. The van der Waals surface area contributed by atoms with Gasteiger partial charge >= 0.3 is 0 Å². The third kappa shape index (κ3) is 3.94. The summed E-state index contributed by atoms with van der Waals surface area (Å²) in [6.45, 7) is 9.16. The van der Waals surface area contributed by atoms with E-state index in [1.165, 1.54) is 51.7 Å². The van der Waals surface area contributed by atoms with Crippen molar-refractivity contribution < 1.29 is 4.74 Å². The second-order valence-electron chi connectivity index (χ2n) is 5.65. The summed E-state index contributed by atoms with van der Waals surface area (Å²) < 4.78 is 5.66. The Kier molecular flexibility index (Phi) is 5.26. The average Bonchev–Trinajstić information content (AvgIpc) is 2.55. The highest BCUT2D eigenvalue weighted by Gasteiger charge is 2.27. The zero-order valence-corrected chi connectivity index (χ0v) is 11.5. The smallest absolute Gasteiger partial charge is 0.0561 e. The summed E-state index contributed by atoms with van der Waals surface area (Å²) in [5, 5.41) is 3.69. The van der Waals surface area contributed by atoms with Crippen molar-refractivity contribution in [3.05, 3.63) is 0 Å². The fraction of sp³-hybridized carbons (Fsp3) is 1.00. The molecule has 3 nitrogen and oxygen atoms in total. The van der Waals surface area contributed by atoms with Crippen molar-refractivity contribution in [3.8, 4) is 0 Å². The SMILES string of the molecule is CCCC1CN(C2CCOC(C)C2)CCCN1. The molecule has 2 fully saturated rings. The largest absolute Gasteiger partial charge is 0.378 e. The van der Waals surface area contributed by atoms with Crippen LogP contribution in [-0.4, -0.2) is 49.3 Å². The molecular weight excluding hydrogens is 212 g/mol. The molecule has 0 aromatic rings. The fourth-order valence-electron chi connectivity index (χ4n) is 3.21. The fourth-order valence-corrected chi connectivity index (χ4v) is 3.21. The molecule has 0 bridgehead atoms. The van der Waals surface area contributed by atoms with Crippen LogP contribution in [0.3, 0.4) is 0 Å². The molecule has 17 heavy (non-hydrogen) atoms. The highest BCUT2D eigenvalue weighted by Crippen LogP contribution is 2.21. The van der Waals surface area contributed by atoms with E-state index in [0.717, 1.165) is 12.6 Å². The lowest BCUT2D eigenvalue weighted by molar-refractivity contribution is -0.0178. The Balaban J connectivity index is 1.88. The summed E-state index contributed by atoms with van der Waals surface area (Å²) in [4.78, 5) is 2.72. The summed E-state index contributed by atoms with van der Waals surface area (Å²) in [5.74, 6) is 0. The Labute approximate surface area is 106 Å². The van der Waals surface area contributed by atoms with Gasteiger partial charge in [-0.25, -0.2) is 0 Å². The summed E-state index contributed by atoms with van der Waals surface area (Å²) in [5.41, 5.74) is 0. The van der Waals surface area contributed by atoms with E-state index < -0.39 is 0 Å². The van der Waals surface area contributed by atoms with Crippen LogP contribution in [0.5, 0.6) is 0 Å². The van der Waals surface area contributed by atoms with E-state index in [1.54, 1.807) is 0 Å². The Morgan fingerprint density at radius 1 is 1.41 bits per heavy atom. The van der Waals surface area contributed by atoms with Gasteiger partial charge in [-0.15, -0.1) is 0 Å². The second kappa shape index (κ2) is 6.72. The molecule has 0 aromatic carbocycles. The van der Waals surface area contributed by atoms with Gasteiger partial charge in [0.25, 0.3) is 0 Å². The Morgan fingerprint density at radius 3 is 3.06 bits per heavy atom. The molecule has 0 radical (unpaired) electrons. The Bertz CT molecular complexity index is 222. The molecule has 0 spiro atoms. The molecule has 2 rings (SSSR count). The molecule has 0 amide bonds. The number of ether oxygens (including phenoxy) is 1. The van der Waals surface area contributed by atoms with Gasteiger partial charge in [-0.05, 0) is 45.7 Å². The summed E-state index contributed by atoms with van der Waals surface area (Å²) in [7, 11) is 0. The van der Waals surface area contributed by atoms with E-state index in [9.17, 15) is 0 Å². The van der Waals surface area contributed by atoms with Crippen molar-refractivity contribution in [2.45, 2.75) is 64.1 Å². The zero-order valence-electron chi connectivity index (χ0n) is 11.5. The molecule has 2 aliphatic heterocycles. The minimum atomic E-state index is 0.453. The van der Waals surface area contributed by atoms with Crippen LogP contribution in [0.1, 0.15) is 46.0 Å². The van der Waals surface area contributed by atoms with Gasteiger partial charge in [0.15, 0.2) is 0 Å². The number of hydrogen-bond acceptors (Lipinski definition) is 3. The lowest BCUT2D eigenvalue weighted by Crippen LogP contribution is -2.46. The first kappa shape index (κ1) is 13.3. The average molecular weight is 240 g/mol. The molecule has 1 N–H and O–H groups in total. The van der Waals surface area contributed by atoms with Gasteiger partial charge in [0.05, 0.1) is 6.10 Å². The maximum Gasteiger partial charge on any atom is 0.0561 e. The molecule has 2 saturated heterocycles.